The highest BCUT2D eigenvalue weighted by atomic mass is 16.5. The molecule has 122 valence electrons. The van der Waals surface area contributed by atoms with E-state index in [0.29, 0.717) is 37.7 Å². The van der Waals surface area contributed by atoms with Gasteiger partial charge in [0, 0.05) is 18.3 Å². The van der Waals surface area contributed by atoms with E-state index in [1.54, 1.807) is 6.20 Å². The number of carbonyl (C=O) groups is 1. The molecule has 0 spiro atoms. The fourth-order valence-corrected chi connectivity index (χ4v) is 2.73. The average Bonchev–Trinajstić information content (AvgIpc) is 2.87. The number of aromatic nitrogens is 3. The van der Waals surface area contributed by atoms with Crippen LogP contribution in [0.3, 0.4) is 0 Å². The van der Waals surface area contributed by atoms with Gasteiger partial charge in [-0.05, 0) is 26.8 Å². The third-order valence-corrected chi connectivity index (χ3v) is 4.06. The van der Waals surface area contributed by atoms with Crippen molar-refractivity contribution in [3.8, 4) is 0 Å². The monoisotopic (exact) mass is 316 g/mol. The first-order valence-electron chi connectivity index (χ1n) is 7.65. The van der Waals surface area contributed by atoms with Crippen molar-refractivity contribution in [1.29, 1.82) is 0 Å². The molecule has 0 bridgehead atoms. The number of ether oxygens (including phenoxy) is 1. The smallest absolute Gasteiger partial charge is 0.227 e. The zero-order valence-electron chi connectivity index (χ0n) is 13.6. The van der Waals surface area contributed by atoms with E-state index in [4.69, 9.17) is 9.26 Å². The van der Waals surface area contributed by atoms with Gasteiger partial charge in [-0.2, -0.15) is 0 Å². The predicted molar refractivity (Wildman–Crippen MR) is 81.7 cm³/mol. The third kappa shape index (κ3) is 3.39. The molecule has 7 heteroatoms. The molecular weight excluding hydrogens is 296 g/mol. The second-order valence-corrected chi connectivity index (χ2v) is 5.71. The van der Waals surface area contributed by atoms with Crippen LogP contribution in [0.5, 0.6) is 0 Å². The summed E-state index contributed by atoms with van der Waals surface area (Å²) in [4.78, 5) is 22.9. The molecule has 2 aromatic heterocycles. The molecule has 3 rings (SSSR count). The molecule has 1 fully saturated rings. The lowest BCUT2D eigenvalue weighted by Crippen LogP contribution is -2.43. The molecule has 0 N–H and O–H groups in total. The van der Waals surface area contributed by atoms with E-state index >= 15 is 0 Å². The van der Waals surface area contributed by atoms with Crippen LogP contribution < -0.4 is 0 Å². The molecule has 0 aliphatic carbocycles. The Morgan fingerprint density at radius 3 is 2.91 bits per heavy atom. The van der Waals surface area contributed by atoms with Crippen LogP contribution in [0.2, 0.25) is 0 Å². The van der Waals surface area contributed by atoms with Gasteiger partial charge in [0.05, 0.1) is 31.0 Å². The van der Waals surface area contributed by atoms with Gasteiger partial charge in [-0.25, -0.2) is 9.97 Å². The van der Waals surface area contributed by atoms with E-state index in [2.05, 4.69) is 15.1 Å². The minimum absolute atomic E-state index is 0.0541. The quantitative estimate of drug-likeness (QED) is 0.854. The molecule has 1 aliphatic rings. The Hall–Kier alpha value is -2.28. The van der Waals surface area contributed by atoms with E-state index in [1.807, 2.05) is 31.7 Å². The Morgan fingerprint density at radius 2 is 2.22 bits per heavy atom. The van der Waals surface area contributed by atoms with Crippen LogP contribution in [0.4, 0.5) is 0 Å². The highest BCUT2D eigenvalue weighted by Crippen LogP contribution is 2.22. The molecule has 7 nitrogen and oxygen atoms in total. The van der Waals surface area contributed by atoms with Crippen molar-refractivity contribution in [2.75, 3.05) is 19.7 Å². The van der Waals surface area contributed by atoms with Gasteiger partial charge in [0.1, 0.15) is 17.7 Å². The SMILES string of the molecule is Cc1nccc(C2CN(C(=O)Cc3c(C)noc3C)CCO2)n1. The topological polar surface area (TPSA) is 81.4 Å². The van der Waals surface area contributed by atoms with Crippen molar-refractivity contribution in [2.45, 2.75) is 33.3 Å². The first-order chi connectivity index (χ1) is 11.0. The van der Waals surface area contributed by atoms with Crippen molar-refractivity contribution in [3.63, 3.8) is 0 Å². The van der Waals surface area contributed by atoms with E-state index in [0.717, 1.165) is 17.0 Å². The van der Waals surface area contributed by atoms with Crippen LogP contribution in [-0.4, -0.2) is 45.6 Å². The first-order valence-corrected chi connectivity index (χ1v) is 7.65. The number of amides is 1. The second kappa shape index (κ2) is 6.45. The van der Waals surface area contributed by atoms with Gasteiger partial charge in [0.25, 0.3) is 0 Å². The molecule has 1 amide bonds. The van der Waals surface area contributed by atoms with Crippen molar-refractivity contribution >= 4 is 5.91 Å². The number of carbonyl (C=O) groups excluding carboxylic acids is 1. The molecule has 0 aromatic carbocycles. The predicted octanol–water partition coefficient (Wildman–Crippen LogP) is 1.53. The summed E-state index contributed by atoms with van der Waals surface area (Å²) < 4.78 is 10.9. The maximum Gasteiger partial charge on any atom is 0.227 e. The zero-order valence-corrected chi connectivity index (χ0v) is 13.6. The van der Waals surface area contributed by atoms with Crippen LogP contribution in [0.25, 0.3) is 0 Å². The van der Waals surface area contributed by atoms with Crippen molar-refractivity contribution < 1.29 is 14.1 Å². The van der Waals surface area contributed by atoms with E-state index in [9.17, 15) is 4.79 Å². The minimum Gasteiger partial charge on any atom is -0.368 e. The number of morpholine rings is 1. The molecule has 23 heavy (non-hydrogen) atoms. The van der Waals surface area contributed by atoms with E-state index in [-0.39, 0.29) is 12.0 Å². The van der Waals surface area contributed by atoms with Gasteiger partial charge in [0.2, 0.25) is 5.91 Å². The molecular formula is C16H20N4O3. The van der Waals surface area contributed by atoms with Crippen LogP contribution in [0, 0.1) is 20.8 Å². The van der Waals surface area contributed by atoms with Gasteiger partial charge >= 0.3 is 0 Å². The van der Waals surface area contributed by atoms with Crippen molar-refractivity contribution in [3.05, 3.63) is 40.8 Å². The lowest BCUT2D eigenvalue weighted by molar-refractivity contribution is -0.138. The first kappa shape index (κ1) is 15.6. The standard InChI is InChI=1S/C16H20N4O3/c1-10-13(11(2)23-19-10)8-16(21)20-6-7-22-15(9-20)14-4-5-17-12(3)18-14/h4-5,15H,6-9H2,1-3H3. The van der Waals surface area contributed by atoms with Crippen LogP contribution >= 0.6 is 0 Å². The summed E-state index contributed by atoms with van der Waals surface area (Å²) in [5, 5.41) is 3.90. The third-order valence-electron chi connectivity index (χ3n) is 4.06. The molecule has 0 radical (unpaired) electrons. The lowest BCUT2D eigenvalue weighted by Gasteiger charge is -2.32. The van der Waals surface area contributed by atoms with E-state index in [1.165, 1.54) is 0 Å². The van der Waals surface area contributed by atoms with Crippen molar-refractivity contribution in [2.24, 2.45) is 0 Å². The Bertz CT molecular complexity index is 694. The van der Waals surface area contributed by atoms with Crippen LogP contribution in [-0.2, 0) is 16.0 Å². The zero-order chi connectivity index (χ0) is 16.4. The van der Waals surface area contributed by atoms with Crippen LogP contribution in [0.15, 0.2) is 16.8 Å². The van der Waals surface area contributed by atoms with Crippen molar-refractivity contribution in [1.82, 2.24) is 20.0 Å². The summed E-state index contributed by atoms with van der Waals surface area (Å²) in [5.74, 6) is 1.45. The highest BCUT2D eigenvalue weighted by molar-refractivity contribution is 5.79. The second-order valence-electron chi connectivity index (χ2n) is 5.71. The highest BCUT2D eigenvalue weighted by Gasteiger charge is 2.27. The molecule has 3 heterocycles. The fourth-order valence-electron chi connectivity index (χ4n) is 2.73. The number of nitrogens with zero attached hydrogens (tertiary/aromatic N) is 4. The summed E-state index contributed by atoms with van der Waals surface area (Å²) in [5.41, 5.74) is 2.45. The van der Waals surface area contributed by atoms with Gasteiger partial charge in [-0.3, -0.25) is 4.79 Å². The Kier molecular flexibility index (Phi) is 4.38. The molecule has 0 saturated carbocycles. The number of rotatable bonds is 3. The Morgan fingerprint density at radius 1 is 1.39 bits per heavy atom. The van der Waals surface area contributed by atoms with E-state index < -0.39 is 0 Å². The molecule has 1 saturated heterocycles. The summed E-state index contributed by atoms with van der Waals surface area (Å²) in [6, 6.07) is 1.83. The number of hydrogen-bond acceptors (Lipinski definition) is 6. The Labute approximate surface area is 134 Å². The summed E-state index contributed by atoms with van der Waals surface area (Å²) in [6.07, 6.45) is 1.81. The molecule has 1 atom stereocenters. The lowest BCUT2D eigenvalue weighted by atomic mass is 10.1. The van der Waals surface area contributed by atoms with Gasteiger partial charge < -0.3 is 14.2 Å². The Balaban J connectivity index is 1.70. The summed E-state index contributed by atoms with van der Waals surface area (Å²) in [6.45, 7) is 7.11. The number of hydrogen-bond donors (Lipinski definition) is 0. The maximum atomic E-state index is 12.6. The molecule has 2 aromatic rings. The van der Waals surface area contributed by atoms with Gasteiger partial charge in [0.15, 0.2) is 0 Å². The van der Waals surface area contributed by atoms with Crippen LogP contribution in [0.1, 0.15) is 34.6 Å². The number of aryl methyl sites for hydroxylation is 3. The maximum absolute atomic E-state index is 12.6. The van der Waals surface area contributed by atoms with Gasteiger partial charge in [-0.15, -0.1) is 0 Å². The summed E-state index contributed by atoms with van der Waals surface area (Å²) in [7, 11) is 0. The largest absolute Gasteiger partial charge is 0.368 e. The minimum atomic E-state index is -0.209. The average molecular weight is 316 g/mol. The molecule has 1 aliphatic heterocycles. The molecule has 1 unspecified atom stereocenters. The normalized spacial score (nSPS) is 18.2. The fraction of sp³-hybridized carbons (Fsp3) is 0.500. The van der Waals surface area contributed by atoms with Gasteiger partial charge in [-0.1, -0.05) is 5.16 Å². The summed E-state index contributed by atoms with van der Waals surface area (Å²) >= 11 is 0.